The standard InChI is InChI=1S/C37H39Cl3F2N2O5.C31H29Cl3F2N2O4/c1-5-30-31(35(45)44(24-11-12-24)21-23-7-6-8-27(38)32(23)39)26(17-18-43(30)36(46)49-37(2,3)4)22-9-13-25(14-10-22)47-19-20-48-34-29(42)16-15-28(41)33(34)40;32-23-3-1-2-19(28(23)33)16-38(20-6-7-20)31(40)27-22(12-13-37-26(27)17-39)18-4-8-21(9-5-18)41-14-15-42-30-25(36)11-10-24(35)29(30)34/h6-10,13-16,24,30H,5,11-12,17-21H2,1-4H3;1-5,8-11,20,26,37,39H,6-7,12-17H2/t30-;26-/m11/s1. The Labute approximate surface area is 556 Å². The van der Waals surface area contributed by atoms with Crippen molar-refractivity contribution >= 4 is 98.7 Å². The average molecular weight is 1370 g/mol. The number of nitrogens with one attached hydrogen (secondary N) is 1. The number of benzene rings is 6. The van der Waals surface area contributed by atoms with Gasteiger partial charge in [0.05, 0.1) is 38.8 Å². The second-order valence-electron chi connectivity index (χ2n) is 23.1. The first-order valence-corrected chi connectivity index (χ1v) is 32.1. The fourth-order valence-corrected chi connectivity index (χ4v) is 12.1. The van der Waals surface area contributed by atoms with Gasteiger partial charge in [0, 0.05) is 42.9 Å². The quantitative estimate of drug-likeness (QED) is 0.0384. The van der Waals surface area contributed by atoms with E-state index in [1.54, 1.807) is 41.3 Å². The zero-order valence-electron chi connectivity index (χ0n) is 50.3. The highest BCUT2D eigenvalue weighted by atomic mass is 35.5. The lowest BCUT2D eigenvalue weighted by atomic mass is 9.86. The van der Waals surface area contributed by atoms with Crippen LogP contribution in [0.1, 0.15) is 94.9 Å². The first kappa shape index (κ1) is 68.9. The topological polar surface area (TPSA) is 139 Å². The van der Waals surface area contributed by atoms with E-state index in [4.69, 9.17) is 93.3 Å². The molecule has 2 saturated carbocycles. The summed E-state index contributed by atoms with van der Waals surface area (Å²) in [7, 11) is 0. The van der Waals surface area contributed by atoms with Crippen molar-refractivity contribution < 1.29 is 60.7 Å². The maximum atomic E-state index is 14.7. The van der Waals surface area contributed by atoms with Gasteiger partial charge in [-0.2, -0.15) is 0 Å². The Morgan fingerprint density at radius 1 is 0.571 bits per heavy atom. The summed E-state index contributed by atoms with van der Waals surface area (Å²) >= 11 is 37.2. The molecule has 2 heterocycles. The molecular weight excluding hydrogens is 1310 g/mol. The molecule has 2 aliphatic heterocycles. The largest absolute Gasteiger partial charge is 0.490 e. The normalized spacial score (nSPS) is 16.6. The van der Waals surface area contributed by atoms with Crippen LogP contribution in [0.2, 0.25) is 30.1 Å². The number of carbonyl (C=O) groups is 3. The molecule has 0 unspecified atom stereocenters. The average Bonchev–Trinajstić information content (AvgIpc) is 1.33. The maximum absolute atomic E-state index is 14.7. The Morgan fingerprint density at radius 2 is 1.00 bits per heavy atom. The van der Waals surface area contributed by atoms with Gasteiger partial charge in [0.15, 0.2) is 23.1 Å². The first-order valence-electron chi connectivity index (χ1n) is 29.8. The van der Waals surface area contributed by atoms with Gasteiger partial charge in [-0.3, -0.25) is 9.59 Å². The molecule has 0 saturated heterocycles. The third-order valence-corrected chi connectivity index (χ3v) is 18.0. The molecule has 2 N–H and O–H groups in total. The number of aliphatic hydroxyl groups excluding tert-OH is 1. The van der Waals surface area contributed by atoms with Crippen molar-refractivity contribution in [2.45, 2.75) is 115 Å². The summed E-state index contributed by atoms with van der Waals surface area (Å²) in [5.41, 5.74) is 5.24. The minimum absolute atomic E-state index is 0.0411. The van der Waals surface area contributed by atoms with E-state index >= 15 is 0 Å². The lowest BCUT2D eigenvalue weighted by Gasteiger charge is -2.40. The lowest BCUT2D eigenvalue weighted by Crippen LogP contribution is -2.50. The second-order valence-corrected chi connectivity index (χ2v) is 25.4. The van der Waals surface area contributed by atoms with Gasteiger partial charge in [-0.15, -0.1) is 0 Å². The Hall–Kier alpha value is -6.41. The number of aliphatic hydroxyl groups is 1. The van der Waals surface area contributed by atoms with Crippen LogP contribution in [0.25, 0.3) is 11.1 Å². The molecule has 13 nitrogen and oxygen atoms in total. The molecule has 2 atom stereocenters. The molecule has 0 bridgehead atoms. The SMILES string of the molecule is CC[C@@H]1C(C(=O)N(Cc2cccc(Cl)c2Cl)C2CC2)=C(c2ccc(OCCOc3c(F)ccc(F)c3Cl)cc2)CCN1C(=O)OC(C)(C)C.O=C(C1=C(c2ccc(OCCOc3c(F)ccc(F)c3Cl)cc2)CCN[C@@H]1CO)N(Cc1cccc(Cl)c1Cl)C1CC1. The highest BCUT2D eigenvalue weighted by Crippen LogP contribution is 2.42. The summed E-state index contributed by atoms with van der Waals surface area (Å²) in [6.07, 6.45) is 4.60. The second kappa shape index (κ2) is 31.0. The fourth-order valence-electron chi connectivity index (χ4n) is 10.9. The van der Waals surface area contributed by atoms with Crippen LogP contribution < -0.4 is 24.3 Å². The molecular formula is C68H68Cl6F4N4O9. The molecule has 2 fully saturated rings. The van der Waals surface area contributed by atoms with Crippen LogP contribution in [0.5, 0.6) is 23.0 Å². The Balaban J connectivity index is 0.000000218. The van der Waals surface area contributed by atoms with E-state index in [1.807, 2.05) is 86.0 Å². The smallest absolute Gasteiger partial charge is 0.410 e. The number of amides is 3. The number of halogens is 10. The number of nitrogens with zero attached hydrogens (tertiary/aromatic N) is 3. The predicted octanol–water partition coefficient (Wildman–Crippen LogP) is 16.4. The molecule has 6 aromatic rings. The highest BCUT2D eigenvalue weighted by Gasteiger charge is 2.43. The van der Waals surface area contributed by atoms with Crippen LogP contribution >= 0.6 is 69.6 Å². The summed E-state index contributed by atoms with van der Waals surface area (Å²) in [5.74, 6) is -3.07. The van der Waals surface area contributed by atoms with E-state index < -0.39 is 57.1 Å². The van der Waals surface area contributed by atoms with Crippen LogP contribution in [0.15, 0.2) is 120 Å². The van der Waals surface area contributed by atoms with Gasteiger partial charge in [0.2, 0.25) is 0 Å². The van der Waals surface area contributed by atoms with Crippen LogP contribution in [0.4, 0.5) is 22.4 Å². The van der Waals surface area contributed by atoms with Crippen molar-refractivity contribution in [1.82, 2.24) is 20.0 Å². The molecule has 0 radical (unpaired) electrons. The zero-order chi connectivity index (χ0) is 65.3. The third-order valence-electron chi connectivity index (χ3n) is 15.6. The Morgan fingerprint density at radius 3 is 1.43 bits per heavy atom. The number of carbonyl (C=O) groups excluding carboxylic acids is 3. The molecule has 0 spiro atoms. The van der Waals surface area contributed by atoms with Gasteiger partial charge in [0.1, 0.15) is 65.2 Å². The molecule has 0 aromatic heterocycles. The molecule has 10 rings (SSSR count). The van der Waals surface area contributed by atoms with Crippen molar-refractivity contribution in [3.63, 3.8) is 0 Å². The number of hydrogen-bond donors (Lipinski definition) is 2. The summed E-state index contributed by atoms with van der Waals surface area (Å²) in [6.45, 7) is 8.74. The molecule has 4 aliphatic rings. The zero-order valence-corrected chi connectivity index (χ0v) is 54.9. The number of rotatable bonds is 22. The number of ether oxygens (including phenoxy) is 5. The number of hydrogen-bond acceptors (Lipinski definition) is 10. The van der Waals surface area contributed by atoms with Crippen molar-refractivity contribution in [2.75, 3.05) is 46.1 Å². The van der Waals surface area contributed by atoms with E-state index in [0.29, 0.717) is 81.6 Å². The summed E-state index contributed by atoms with van der Waals surface area (Å²) in [5, 5.41) is 14.3. The molecule has 6 aromatic carbocycles. The van der Waals surface area contributed by atoms with Crippen molar-refractivity contribution in [3.05, 3.63) is 196 Å². The van der Waals surface area contributed by atoms with Gasteiger partial charge in [-0.25, -0.2) is 22.4 Å². The predicted molar refractivity (Wildman–Crippen MR) is 347 cm³/mol. The van der Waals surface area contributed by atoms with Gasteiger partial charge < -0.3 is 48.8 Å². The summed E-state index contributed by atoms with van der Waals surface area (Å²) < 4.78 is 83.1. The minimum Gasteiger partial charge on any atom is -0.490 e. The van der Waals surface area contributed by atoms with Crippen molar-refractivity contribution in [1.29, 1.82) is 0 Å². The van der Waals surface area contributed by atoms with E-state index in [9.17, 15) is 37.1 Å². The Kier molecular flexibility index (Phi) is 23.5. The molecule has 484 valence electrons. The van der Waals surface area contributed by atoms with Crippen LogP contribution in [-0.4, -0.2) is 114 Å². The molecule has 2 aliphatic carbocycles. The van der Waals surface area contributed by atoms with E-state index in [2.05, 4.69) is 5.32 Å². The third kappa shape index (κ3) is 17.3. The summed E-state index contributed by atoms with van der Waals surface area (Å²) in [6, 6.07) is 28.2. The van der Waals surface area contributed by atoms with E-state index in [1.165, 1.54) is 0 Å². The molecule has 3 amide bonds. The van der Waals surface area contributed by atoms with Crippen LogP contribution in [0, 0.1) is 23.3 Å². The van der Waals surface area contributed by atoms with Gasteiger partial charge in [-0.05, 0) is 166 Å². The summed E-state index contributed by atoms with van der Waals surface area (Å²) in [4.78, 5) is 47.6. The highest BCUT2D eigenvalue weighted by molar-refractivity contribution is 6.43. The van der Waals surface area contributed by atoms with Crippen LogP contribution in [0.3, 0.4) is 0 Å². The Bertz CT molecular complexity index is 3680. The van der Waals surface area contributed by atoms with Gasteiger partial charge in [-0.1, -0.05) is 125 Å². The van der Waals surface area contributed by atoms with E-state index in [0.717, 1.165) is 83.3 Å². The fraction of sp³-hybridized carbons (Fsp3) is 0.368. The van der Waals surface area contributed by atoms with E-state index in [-0.39, 0.29) is 75.0 Å². The van der Waals surface area contributed by atoms with Gasteiger partial charge >= 0.3 is 6.09 Å². The molecule has 91 heavy (non-hydrogen) atoms. The first-order chi connectivity index (χ1) is 43.6. The van der Waals surface area contributed by atoms with Gasteiger partial charge in [0.25, 0.3) is 11.8 Å². The van der Waals surface area contributed by atoms with Crippen LogP contribution in [-0.2, 0) is 27.4 Å². The minimum atomic E-state index is -0.780. The maximum Gasteiger partial charge on any atom is 0.410 e. The lowest BCUT2D eigenvalue weighted by molar-refractivity contribution is -0.129. The van der Waals surface area contributed by atoms with Crippen molar-refractivity contribution in [2.24, 2.45) is 0 Å². The van der Waals surface area contributed by atoms with Crippen molar-refractivity contribution in [3.8, 4) is 23.0 Å². The molecule has 23 heteroatoms. The monoisotopic (exact) mass is 1370 g/mol.